The first-order valence-corrected chi connectivity index (χ1v) is 13.2. The maximum Gasteiger partial charge on any atom is 0.305 e. The van der Waals surface area contributed by atoms with Gasteiger partial charge in [0.2, 0.25) is 0 Å². The number of carbonyl (C=O) groups is 1. The van der Waals surface area contributed by atoms with Gasteiger partial charge in [0.05, 0.1) is 40.5 Å². The number of aliphatic carboxylic acids is 1. The molecule has 0 aliphatic carbocycles. The van der Waals surface area contributed by atoms with Crippen LogP contribution in [0.4, 0.5) is 4.39 Å². The Balaban J connectivity index is 2.18. The number of pyridine rings is 1. The number of hydrogen-bond acceptors (Lipinski definition) is 6. The number of aliphatic hydroxyl groups is 1. The van der Waals surface area contributed by atoms with E-state index in [0.717, 1.165) is 10.6 Å². The van der Waals surface area contributed by atoms with Crippen LogP contribution in [0.1, 0.15) is 37.4 Å². The van der Waals surface area contributed by atoms with Crippen molar-refractivity contribution in [3.63, 3.8) is 0 Å². The highest BCUT2D eigenvalue weighted by molar-refractivity contribution is 7.64. The molecule has 0 amide bonds. The zero-order valence-corrected chi connectivity index (χ0v) is 20.7. The van der Waals surface area contributed by atoms with E-state index < -0.39 is 32.0 Å². The van der Waals surface area contributed by atoms with E-state index in [9.17, 15) is 18.9 Å². The molecule has 34 heavy (non-hydrogen) atoms. The third-order valence-electron chi connectivity index (χ3n) is 5.03. The van der Waals surface area contributed by atoms with Crippen LogP contribution in [0.15, 0.2) is 47.8 Å². The van der Waals surface area contributed by atoms with Crippen molar-refractivity contribution in [3.8, 4) is 33.3 Å². The first-order chi connectivity index (χ1) is 16.1. The van der Waals surface area contributed by atoms with E-state index in [-0.39, 0.29) is 11.7 Å². The van der Waals surface area contributed by atoms with Crippen LogP contribution in [0.2, 0.25) is 0 Å². The van der Waals surface area contributed by atoms with Gasteiger partial charge in [0.1, 0.15) is 5.82 Å². The summed E-state index contributed by atoms with van der Waals surface area (Å²) in [6.45, 7) is 3.93. The minimum Gasteiger partial charge on any atom is -0.481 e. The van der Waals surface area contributed by atoms with Crippen LogP contribution in [0.25, 0.3) is 21.7 Å². The summed E-state index contributed by atoms with van der Waals surface area (Å²) in [5.41, 5.74) is 6.01. The molecule has 0 saturated heterocycles. The van der Waals surface area contributed by atoms with Gasteiger partial charge in [0.25, 0.3) is 7.37 Å². The highest BCUT2D eigenvalue weighted by Crippen LogP contribution is 2.46. The molecule has 0 spiro atoms. The van der Waals surface area contributed by atoms with Crippen molar-refractivity contribution in [3.05, 3.63) is 64.9 Å². The van der Waals surface area contributed by atoms with Gasteiger partial charge < -0.3 is 14.7 Å². The fourth-order valence-electron chi connectivity index (χ4n) is 3.37. The Morgan fingerprint density at radius 1 is 1.26 bits per heavy atom. The lowest BCUT2D eigenvalue weighted by Crippen LogP contribution is -2.17. The predicted molar refractivity (Wildman–Crippen MR) is 132 cm³/mol. The van der Waals surface area contributed by atoms with Gasteiger partial charge in [0, 0.05) is 12.7 Å². The summed E-state index contributed by atoms with van der Waals surface area (Å²) < 4.78 is 31.9. The number of rotatable bonds is 8. The maximum absolute atomic E-state index is 13.6. The van der Waals surface area contributed by atoms with Gasteiger partial charge in [-0.1, -0.05) is 38.0 Å². The highest BCUT2D eigenvalue weighted by Gasteiger charge is 2.26. The Morgan fingerprint density at radius 2 is 1.97 bits per heavy atom. The SMILES string of the molecule is COP(=O)(C#Cc1c(-c2ccc(F)cc2)cc(-c2cccs2)nc1C(C)C)C[C@@H](O)CC(=O)O. The second kappa shape index (κ2) is 11.1. The van der Waals surface area contributed by atoms with Gasteiger partial charge in [-0.25, -0.2) is 4.39 Å². The van der Waals surface area contributed by atoms with E-state index in [1.54, 1.807) is 23.5 Å². The van der Waals surface area contributed by atoms with Crippen LogP contribution in [-0.4, -0.2) is 40.5 Å². The van der Waals surface area contributed by atoms with E-state index >= 15 is 0 Å². The second-order valence-electron chi connectivity index (χ2n) is 7.98. The average Bonchev–Trinajstić information content (AvgIpc) is 3.32. The zero-order valence-electron chi connectivity index (χ0n) is 19.0. The van der Waals surface area contributed by atoms with Crippen molar-refractivity contribution in [1.29, 1.82) is 0 Å². The first-order valence-electron chi connectivity index (χ1n) is 10.5. The van der Waals surface area contributed by atoms with Crippen molar-refractivity contribution in [2.24, 2.45) is 0 Å². The molecular formula is C25H25FNO5PS. The number of nitrogens with zero attached hydrogens (tertiary/aromatic N) is 1. The Morgan fingerprint density at radius 3 is 2.53 bits per heavy atom. The van der Waals surface area contributed by atoms with Crippen LogP contribution in [-0.2, 0) is 13.9 Å². The maximum atomic E-state index is 13.6. The number of carboxylic acid groups (broad SMARTS) is 1. The van der Waals surface area contributed by atoms with Gasteiger partial charge in [-0.2, -0.15) is 0 Å². The van der Waals surface area contributed by atoms with E-state index in [0.29, 0.717) is 22.4 Å². The molecule has 0 aliphatic rings. The molecule has 6 nitrogen and oxygen atoms in total. The average molecular weight is 502 g/mol. The van der Waals surface area contributed by atoms with Crippen LogP contribution in [0.5, 0.6) is 0 Å². The Kier molecular flexibility index (Phi) is 8.40. The topological polar surface area (TPSA) is 96.7 Å². The van der Waals surface area contributed by atoms with Crippen molar-refractivity contribution in [2.75, 3.05) is 13.3 Å². The molecule has 2 aromatic heterocycles. The molecule has 0 radical (unpaired) electrons. The molecule has 3 aromatic rings. The van der Waals surface area contributed by atoms with E-state index in [1.165, 1.54) is 19.2 Å². The lowest BCUT2D eigenvalue weighted by atomic mass is 9.94. The number of carboxylic acids is 1. The first kappa shape index (κ1) is 25.8. The lowest BCUT2D eigenvalue weighted by molar-refractivity contribution is -0.138. The molecule has 0 saturated carbocycles. The van der Waals surface area contributed by atoms with Gasteiger partial charge in [-0.3, -0.25) is 14.3 Å². The number of aromatic nitrogens is 1. The molecule has 2 heterocycles. The van der Waals surface area contributed by atoms with Gasteiger partial charge >= 0.3 is 5.97 Å². The molecule has 0 fully saturated rings. The smallest absolute Gasteiger partial charge is 0.305 e. The van der Waals surface area contributed by atoms with Gasteiger partial charge in [-0.15, -0.1) is 11.3 Å². The van der Waals surface area contributed by atoms with Crippen molar-refractivity contribution in [2.45, 2.75) is 32.3 Å². The summed E-state index contributed by atoms with van der Waals surface area (Å²) in [5.74, 6) is 1.33. The fourth-order valence-corrected chi connectivity index (χ4v) is 5.36. The molecule has 178 valence electrons. The molecule has 2 N–H and O–H groups in total. The number of thiophene rings is 1. The monoisotopic (exact) mass is 501 g/mol. The van der Waals surface area contributed by atoms with Crippen LogP contribution >= 0.6 is 18.7 Å². The van der Waals surface area contributed by atoms with E-state index in [2.05, 4.69) is 11.6 Å². The molecule has 1 unspecified atom stereocenters. The van der Waals surface area contributed by atoms with E-state index in [1.807, 2.05) is 37.4 Å². The standard InChI is InChI=1S/C25H25FNO5PS/c1-16(2)25-20(10-11-33(31,32-3)15-19(28)13-24(29)30)21(17-6-8-18(26)9-7-17)14-22(27-25)23-5-4-12-34-23/h4-9,12,14,16,19,28H,13,15H2,1-3H3,(H,29,30)/t19-,33?/m0/s1. The molecule has 1 aromatic carbocycles. The zero-order chi connectivity index (χ0) is 24.9. The quantitative estimate of drug-likeness (QED) is 0.299. The normalized spacial score (nSPS) is 13.7. The third-order valence-corrected chi connectivity index (χ3v) is 7.87. The minimum atomic E-state index is -3.67. The minimum absolute atomic E-state index is 0.0389. The molecule has 2 atom stereocenters. The van der Waals surface area contributed by atoms with Crippen molar-refractivity contribution < 1.29 is 28.5 Å². The van der Waals surface area contributed by atoms with Crippen molar-refractivity contribution in [1.82, 2.24) is 4.98 Å². The van der Waals surface area contributed by atoms with E-state index in [4.69, 9.17) is 14.6 Å². The molecule has 3 rings (SSSR count). The molecule has 0 bridgehead atoms. The summed E-state index contributed by atoms with van der Waals surface area (Å²) in [5, 5.41) is 20.8. The molecular weight excluding hydrogens is 476 g/mol. The van der Waals surface area contributed by atoms with Crippen molar-refractivity contribution >= 4 is 24.7 Å². The summed E-state index contributed by atoms with van der Waals surface area (Å²) in [6.07, 6.45) is -2.34. The molecule has 9 heteroatoms. The number of halogens is 1. The van der Waals surface area contributed by atoms with Gasteiger partial charge in [-0.05, 0) is 46.8 Å². The second-order valence-corrected chi connectivity index (χ2v) is 11.2. The predicted octanol–water partition coefficient (Wildman–Crippen LogP) is 5.81. The Labute approximate surface area is 201 Å². The molecule has 0 aliphatic heterocycles. The lowest BCUT2D eigenvalue weighted by Gasteiger charge is -2.16. The number of benzene rings is 1. The summed E-state index contributed by atoms with van der Waals surface area (Å²) >= 11 is 1.54. The van der Waals surface area contributed by atoms with Crippen LogP contribution in [0, 0.1) is 17.4 Å². The third kappa shape index (κ3) is 6.40. The van der Waals surface area contributed by atoms with Crippen LogP contribution < -0.4 is 0 Å². The Hall–Kier alpha value is -2.82. The number of hydrogen-bond donors (Lipinski definition) is 2. The Bertz CT molecular complexity index is 1260. The fraction of sp³-hybridized carbons (Fsp3) is 0.280. The highest BCUT2D eigenvalue weighted by atomic mass is 32.1. The summed E-state index contributed by atoms with van der Waals surface area (Å²) in [4.78, 5) is 16.7. The number of aliphatic hydroxyl groups excluding tert-OH is 1. The largest absolute Gasteiger partial charge is 0.481 e. The summed E-state index contributed by atoms with van der Waals surface area (Å²) in [7, 11) is -2.45. The van der Waals surface area contributed by atoms with Gasteiger partial charge in [0.15, 0.2) is 0 Å². The summed E-state index contributed by atoms with van der Waals surface area (Å²) in [6, 6.07) is 11.8. The van der Waals surface area contributed by atoms with Crippen LogP contribution in [0.3, 0.4) is 0 Å².